The number of nitrogens with two attached hydrogens (primary N) is 2. The number of aryl methyl sites for hydroxylation is 2. The molecule has 1 aliphatic carbocycles. The summed E-state index contributed by atoms with van der Waals surface area (Å²) in [5.41, 5.74) is 13.8. The van der Waals surface area contributed by atoms with Crippen molar-refractivity contribution in [3.8, 4) is 0 Å². The van der Waals surface area contributed by atoms with Crippen LogP contribution in [0, 0.1) is 13.8 Å². The number of rotatable bonds is 3. The van der Waals surface area contributed by atoms with Crippen molar-refractivity contribution in [1.29, 1.82) is 0 Å². The molecule has 0 saturated carbocycles. The molecule has 1 aliphatic rings. The lowest BCUT2D eigenvalue weighted by atomic mass is 9.93. The third-order valence-corrected chi connectivity index (χ3v) is 3.95. The summed E-state index contributed by atoms with van der Waals surface area (Å²) in [6, 6.07) is 5.42. The standard InChI is InChI=1S/C17H20N6O2/c1-9-5-3-8-13(20-9)21-16(24)15-10(2)14-11(22-23-17(18)19)6-4-7-12(14)25-15/h3,5,8H,4,6-7H2,1-2H3,(H4,18,19,23)(H,20,21,24)/b22-11+. The minimum absolute atomic E-state index is 0.107. The van der Waals surface area contributed by atoms with Gasteiger partial charge in [0.25, 0.3) is 5.91 Å². The van der Waals surface area contributed by atoms with Crippen LogP contribution in [0.2, 0.25) is 0 Å². The van der Waals surface area contributed by atoms with Crippen molar-refractivity contribution >= 4 is 23.4 Å². The van der Waals surface area contributed by atoms with Crippen LogP contribution < -0.4 is 16.8 Å². The van der Waals surface area contributed by atoms with E-state index in [1.54, 1.807) is 6.07 Å². The minimum Gasteiger partial charge on any atom is -0.455 e. The van der Waals surface area contributed by atoms with Gasteiger partial charge in [0.15, 0.2) is 5.76 Å². The molecule has 25 heavy (non-hydrogen) atoms. The number of pyridine rings is 1. The van der Waals surface area contributed by atoms with E-state index < -0.39 is 0 Å². The Morgan fingerprint density at radius 2 is 2.08 bits per heavy atom. The zero-order valence-electron chi connectivity index (χ0n) is 14.2. The number of fused-ring (bicyclic) bond motifs is 1. The third kappa shape index (κ3) is 3.52. The lowest BCUT2D eigenvalue weighted by molar-refractivity contribution is 0.0993. The van der Waals surface area contributed by atoms with Gasteiger partial charge in [-0.05, 0) is 38.8 Å². The fourth-order valence-corrected chi connectivity index (χ4v) is 2.89. The van der Waals surface area contributed by atoms with Crippen molar-refractivity contribution in [3.05, 3.63) is 46.5 Å². The van der Waals surface area contributed by atoms with E-state index in [1.807, 2.05) is 26.0 Å². The monoisotopic (exact) mass is 340 g/mol. The predicted octanol–water partition coefficient (Wildman–Crippen LogP) is 1.86. The molecule has 8 heteroatoms. The van der Waals surface area contributed by atoms with Gasteiger partial charge in [-0.1, -0.05) is 6.07 Å². The molecular formula is C17H20N6O2. The molecule has 0 bridgehead atoms. The number of carbonyl (C=O) groups is 1. The second-order valence-corrected chi connectivity index (χ2v) is 5.90. The highest BCUT2D eigenvalue weighted by Gasteiger charge is 2.28. The summed E-state index contributed by atoms with van der Waals surface area (Å²) in [5, 5.41) is 10.6. The number of amides is 1. The Morgan fingerprint density at radius 3 is 2.80 bits per heavy atom. The maximum atomic E-state index is 12.6. The highest BCUT2D eigenvalue weighted by atomic mass is 16.4. The van der Waals surface area contributed by atoms with Gasteiger partial charge in [0.05, 0.1) is 5.71 Å². The van der Waals surface area contributed by atoms with Gasteiger partial charge in [-0.2, -0.15) is 5.10 Å². The summed E-state index contributed by atoms with van der Waals surface area (Å²) in [6.45, 7) is 3.69. The molecule has 0 saturated heterocycles. The van der Waals surface area contributed by atoms with Crippen LogP contribution in [-0.2, 0) is 6.42 Å². The molecule has 2 heterocycles. The lowest BCUT2D eigenvalue weighted by Gasteiger charge is -2.11. The Kier molecular flexibility index (Phi) is 4.51. The summed E-state index contributed by atoms with van der Waals surface area (Å²) in [5.74, 6) is 1.02. The Bertz CT molecular complexity index is 877. The summed E-state index contributed by atoms with van der Waals surface area (Å²) >= 11 is 0. The fourth-order valence-electron chi connectivity index (χ4n) is 2.89. The van der Waals surface area contributed by atoms with E-state index in [4.69, 9.17) is 15.9 Å². The number of furan rings is 1. The Hall–Kier alpha value is -3.16. The summed E-state index contributed by atoms with van der Waals surface area (Å²) in [4.78, 5) is 16.9. The van der Waals surface area contributed by atoms with Crippen molar-refractivity contribution in [1.82, 2.24) is 4.98 Å². The highest BCUT2D eigenvalue weighted by Crippen LogP contribution is 2.30. The van der Waals surface area contributed by atoms with Crippen LogP contribution in [-0.4, -0.2) is 22.6 Å². The molecule has 0 aromatic carbocycles. The molecule has 0 aliphatic heterocycles. The first-order valence-electron chi connectivity index (χ1n) is 7.99. The molecule has 8 nitrogen and oxygen atoms in total. The topological polar surface area (TPSA) is 132 Å². The number of hydrogen-bond acceptors (Lipinski definition) is 5. The second kappa shape index (κ2) is 6.76. The normalized spacial score (nSPS) is 14.9. The molecular weight excluding hydrogens is 320 g/mol. The fraction of sp³-hybridized carbons (Fsp3) is 0.294. The van der Waals surface area contributed by atoms with Gasteiger partial charge in [0.2, 0.25) is 5.96 Å². The van der Waals surface area contributed by atoms with E-state index in [2.05, 4.69) is 20.5 Å². The number of nitrogens with one attached hydrogen (secondary N) is 1. The largest absolute Gasteiger partial charge is 0.455 e. The maximum Gasteiger partial charge on any atom is 0.292 e. The summed E-state index contributed by atoms with van der Waals surface area (Å²) in [6.07, 6.45) is 2.33. The van der Waals surface area contributed by atoms with Crippen LogP contribution in [0.3, 0.4) is 0 Å². The number of carbonyl (C=O) groups excluding carboxylic acids is 1. The first-order valence-corrected chi connectivity index (χ1v) is 7.99. The molecule has 0 atom stereocenters. The van der Waals surface area contributed by atoms with Gasteiger partial charge in [0.1, 0.15) is 11.6 Å². The smallest absolute Gasteiger partial charge is 0.292 e. The van der Waals surface area contributed by atoms with Crippen LogP contribution >= 0.6 is 0 Å². The number of hydrogen-bond donors (Lipinski definition) is 3. The SMILES string of the molecule is Cc1cccc(NC(=O)c2oc3c(c2C)/C(=N/N=C(N)N)CCC3)n1. The molecule has 0 radical (unpaired) electrons. The first-order chi connectivity index (χ1) is 12.0. The highest BCUT2D eigenvalue weighted by molar-refractivity contribution is 6.09. The third-order valence-electron chi connectivity index (χ3n) is 3.95. The molecule has 130 valence electrons. The molecule has 0 fully saturated rings. The van der Waals surface area contributed by atoms with Gasteiger partial charge in [-0.3, -0.25) is 4.79 Å². The quantitative estimate of drug-likeness (QED) is 0.446. The molecule has 3 rings (SSSR count). The molecule has 0 spiro atoms. The zero-order valence-corrected chi connectivity index (χ0v) is 14.2. The number of aromatic nitrogens is 1. The van der Waals surface area contributed by atoms with Crippen molar-refractivity contribution in [2.75, 3.05) is 5.32 Å². The van der Waals surface area contributed by atoms with E-state index in [1.165, 1.54) is 0 Å². The molecule has 2 aromatic heterocycles. The van der Waals surface area contributed by atoms with Gasteiger partial charge in [0, 0.05) is 23.2 Å². The van der Waals surface area contributed by atoms with Gasteiger partial charge < -0.3 is 21.2 Å². The van der Waals surface area contributed by atoms with E-state index >= 15 is 0 Å². The average Bonchev–Trinajstić information content (AvgIpc) is 2.91. The lowest BCUT2D eigenvalue weighted by Crippen LogP contribution is -2.22. The van der Waals surface area contributed by atoms with Crippen molar-refractivity contribution < 1.29 is 9.21 Å². The van der Waals surface area contributed by atoms with E-state index in [0.717, 1.165) is 47.6 Å². The Morgan fingerprint density at radius 1 is 1.28 bits per heavy atom. The van der Waals surface area contributed by atoms with Crippen molar-refractivity contribution in [3.63, 3.8) is 0 Å². The molecule has 1 amide bonds. The van der Waals surface area contributed by atoms with Crippen LogP contribution in [0.4, 0.5) is 5.82 Å². The van der Waals surface area contributed by atoms with Gasteiger partial charge >= 0.3 is 0 Å². The summed E-state index contributed by atoms with van der Waals surface area (Å²) in [7, 11) is 0. The minimum atomic E-state index is -0.341. The summed E-state index contributed by atoms with van der Waals surface area (Å²) < 4.78 is 5.81. The van der Waals surface area contributed by atoms with Crippen LogP contribution in [0.15, 0.2) is 32.8 Å². The zero-order chi connectivity index (χ0) is 18.0. The second-order valence-electron chi connectivity index (χ2n) is 5.90. The first kappa shape index (κ1) is 16.7. The average molecular weight is 340 g/mol. The molecule has 0 unspecified atom stereocenters. The maximum absolute atomic E-state index is 12.6. The predicted molar refractivity (Wildman–Crippen MR) is 95.7 cm³/mol. The van der Waals surface area contributed by atoms with Crippen molar-refractivity contribution in [2.24, 2.45) is 21.7 Å². The van der Waals surface area contributed by atoms with Crippen LogP contribution in [0.1, 0.15) is 46.0 Å². The number of anilines is 1. The number of guanidine groups is 1. The van der Waals surface area contributed by atoms with E-state index in [-0.39, 0.29) is 17.6 Å². The van der Waals surface area contributed by atoms with Gasteiger partial charge in [-0.15, -0.1) is 5.10 Å². The van der Waals surface area contributed by atoms with Crippen LogP contribution in [0.25, 0.3) is 0 Å². The van der Waals surface area contributed by atoms with Crippen LogP contribution in [0.5, 0.6) is 0 Å². The van der Waals surface area contributed by atoms with E-state index in [9.17, 15) is 4.79 Å². The number of nitrogens with zero attached hydrogens (tertiary/aromatic N) is 3. The van der Waals surface area contributed by atoms with Crippen molar-refractivity contribution in [2.45, 2.75) is 33.1 Å². The molecule has 5 N–H and O–H groups in total. The van der Waals surface area contributed by atoms with Gasteiger partial charge in [-0.25, -0.2) is 4.98 Å². The Labute approximate surface area is 145 Å². The Balaban J connectivity index is 1.93. The molecule has 2 aromatic rings. The van der Waals surface area contributed by atoms with E-state index in [0.29, 0.717) is 5.82 Å².